The van der Waals surface area contributed by atoms with E-state index in [1.165, 1.54) is 14.2 Å². The molecule has 1 aliphatic rings. The number of benzene rings is 1. The SMILES string of the molecule is COC(=O)C1=C(C(=O)OC)N(c2ccc(CCO)cc2)COC1. The van der Waals surface area contributed by atoms with Gasteiger partial charge < -0.3 is 24.2 Å². The van der Waals surface area contributed by atoms with Crippen molar-refractivity contribution >= 4 is 17.6 Å². The Morgan fingerprint density at radius 1 is 1.17 bits per heavy atom. The van der Waals surface area contributed by atoms with E-state index in [1.54, 1.807) is 17.0 Å². The first-order valence-electron chi connectivity index (χ1n) is 7.07. The zero-order valence-corrected chi connectivity index (χ0v) is 13.1. The van der Waals surface area contributed by atoms with Crippen molar-refractivity contribution < 1.29 is 28.9 Å². The van der Waals surface area contributed by atoms with E-state index in [-0.39, 0.29) is 31.2 Å². The smallest absolute Gasteiger partial charge is 0.355 e. The lowest BCUT2D eigenvalue weighted by Crippen LogP contribution is -2.38. The monoisotopic (exact) mass is 321 g/mol. The van der Waals surface area contributed by atoms with Crippen LogP contribution in [0.15, 0.2) is 35.5 Å². The van der Waals surface area contributed by atoms with E-state index < -0.39 is 11.9 Å². The molecule has 2 rings (SSSR count). The quantitative estimate of drug-likeness (QED) is 0.796. The highest BCUT2D eigenvalue weighted by atomic mass is 16.5. The average molecular weight is 321 g/mol. The van der Waals surface area contributed by atoms with Crippen LogP contribution in [0.3, 0.4) is 0 Å². The molecule has 1 aromatic rings. The summed E-state index contributed by atoms with van der Waals surface area (Å²) < 4.78 is 14.9. The third kappa shape index (κ3) is 3.69. The molecule has 7 heteroatoms. The zero-order valence-electron chi connectivity index (χ0n) is 13.1. The van der Waals surface area contributed by atoms with Gasteiger partial charge in [0.2, 0.25) is 0 Å². The van der Waals surface area contributed by atoms with Gasteiger partial charge in [-0.1, -0.05) is 12.1 Å². The first kappa shape index (κ1) is 17.0. The van der Waals surface area contributed by atoms with Crippen molar-refractivity contribution in [3.8, 4) is 0 Å². The maximum atomic E-state index is 12.1. The van der Waals surface area contributed by atoms with Crippen LogP contribution in [0, 0.1) is 0 Å². The van der Waals surface area contributed by atoms with E-state index >= 15 is 0 Å². The van der Waals surface area contributed by atoms with Gasteiger partial charge in [0.15, 0.2) is 0 Å². The molecule has 0 spiro atoms. The number of rotatable bonds is 5. The first-order chi connectivity index (χ1) is 11.1. The van der Waals surface area contributed by atoms with Crippen LogP contribution < -0.4 is 4.90 Å². The van der Waals surface area contributed by atoms with Gasteiger partial charge in [-0.3, -0.25) is 0 Å². The van der Waals surface area contributed by atoms with Crippen LogP contribution in [-0.4, -0.2) is 51.2 Å². The predicted octanol–water partition coefficient (Wildman–Crippen LogP) is 0.616. The van der Waals surface area contributed by atoms with Crippen molar-refractivity contribution in [1.82, 2.24) is 0 Å². The Balaban J connectivity index is 2.42. The molecule has 0 radical (unpaired) electrons. The minimum Gasteiger partial charge on any atom is -0.466 e. The predicted molar refractivity (Wildman–Crippen MR) is 81.6 cm³/mol. The van der Waals surface area contributed by atoms with Crippen LogP contribution in [-0.2, 0) is 30.2 Å². The highest BCUT2D eigenvalue weighted by Gasteiger charge is 2.32. The second kappa shape index (κ2) is 7.75. The first-order valence-corrected chi connectivity index (χ1v) is 7.07. The number of aliphatic hydroxyl groups is 1. The fourth-order valence-electron chi connectivity index (χ4n) is 2.32. The molecule has 0 saturated carbocycles. The molecule has 1 heterocycles. The van der Waals surface area contributed by atoms with E-state index in [2.05, 4.69) is 0 Å². The Morgan fingerprint density at radius 2 is 1.83 bits per heavy atom. The van der Waals surface area contributed by atoms with E-state index in [0.717, 1.165) is 5.56 Å². The van der Waals surface area contributed by atoms with Gasteiger partial charge in [-0.05, 0) is 24.1 Å². The largest absolute Gasteiger partial charge is 0.466 e. The van der Waals surface area contributed by atoms with Gasteiger partial charge in [-0.2, -0.15) is 0 Å². The number of methoxy groups -OCH3 is 2. The Labute approximate surface area is 134 Å². The molecule has 0 atom stereocenters. The van der Waals surface area contributed by atoms with Crippen LogP contribution in [0.25, 0.3) is 0 Å². The third-order valence-corrected chi connectivity index (χ3v) is 3.48. The summed E-state index contributed by atoms with van der Waals surface area (Å²) in [5.74, 6) is -1.26. The van der Waals surface area contributed by atoms with E-state index in [0.29, 0.717) is 12.1 Å². The van der Waals surface area contributed by atoms with Crippen LogP contribution in [0.4, 0.5) is 5.69 Å². The molecule has 124 valence electrons. The fourth-order valence-corrected chi connectivity index (χ4v) is 2.32. The minimum absolute atomic E-state index is 0.0177. The van der Waals surface area contributed by atoms with Crippen molar-refractivity contribution in [1.29, 1.82) is 0 Å². The van der Waals surface area contributed by atoms with E-state index in [9.17, 15) is 9.59 Å². The summed E-state index contributed by atoms with van der Waals surface area (Å²) in [4.78, 5) is 25.6. The summed E-state index contributed by atoms with van der Waals surface area (Å²) in [5.41, 5.74) is 1.87. The number of hydrogen-bond acceptors (Lipinski definition) is 7. The number of carbonyl (C=O) groups is 2. The number of esters is 2. The Kier molecular flexibility index (Phi) is 5.72. The Hall–Kier alpha value is -2.38. The second-order valence-electron chi connectivity index (χ2n) is 4.86. The van der Waals surface area contributed by atoms with Gasteiger partial charge in [0, 0.05) is 12.3 Å². The molecule has 0 aromatic heterocycles. The molecular formula is C16H19NO6. The molecule has 23 heavy (non-hydrogen) atoms. The van der Waals surface area contributed by atoms with Crippen LogP contribution >= 0.6 is 0 Å². The molecule has 1 aliphatic heterocycles. The Morgan fingerprint density at radius 3 is 2.39 bits per heavy atom. The molecule has 1 aromatic carbocycles. The van der Waals surface area contributed by atoms with E-state index in [4.69, 9.17) is 19.3 Å². The molecule has 0 amide bonds. The number of carbonyl (C=O) groups excluding carboxylic acids is 2. The molecule has 7 nitrogen and oxygen atoms in total. The van der Waals surface area contributed by atoms with Gasteiger partial charge in [0.25, 0.3) is 0 Å². The highest BCUT2D eigenvalue weighted by molar-refractivity contribution is 6.03. The highest BCUT2D eigenvalue weighted by Crippen LogP contribution is 2.26. The van der Waals surface area contributed by atoms with Gasteiger partial charge in [0.05, 0.1) is 26.4 Å². The lowest BCUT2D eigenvalue weighted by atomic mass is 10.1. The maximum absolute atomic E-state index is 12.1. The topological polar surface area (TPSA) is 85.3 Å². The van der Waals surface area contributed by atoms with E-state index in [1.807, 2.05) is 12.1 Å². The zero-order chi connectivity index (χ0) is 16.8. The number of ether oxygens (including phenoxy) is 3. The summed E-state index contributed by atoms with van der Waals surface area (Å²) in [7, 11) is 2.50. The van der Waals surface area contributed by atoms with Crippen molar-refractivity contribution in [2.45, 2.75) is 6.42 Å². The second-order valence-corrected chi connectivity index (χ2v) is 4.86. The van der Waals surface area contributed by atoms with Crippen LogP contribution in [0.2, 0.25) is 0 Å². The molecule has 1 N–H and O–H groups in total. The fraction of sp³-hybridized carbons (Fsp3) is 0.375. The number of anilines is 1. The van der Waals surface area contributed by atoms with Crippen molar-refractivity contribution in [2.24, 2.45) is 0 Å². The molecule has 0 unspecified atom stereocenters. The summed E-state index contributed by atoms with van der Waals surface area (Å²) in [5, 5.41) is 8.96. The van der Waals surface area contributed by atoms with Gasteiger partial charge in [0.1, 0.15) is 12.4 Å². The minimum atomic E-state index is -0.632. The maximum Gasteiger partial charge on any atom is 0.355 e. The number of aliphatic hydroxyl groups excluding tert-OH is 1. The van der Waals surface area contributed by atoms with Crippen molar-refractivity contribution in [3.05, 3.63) is 41.1 Å². The van der Waals surface area contributed by atoms with Crippen molar-refractivity contribution in [2.75, 3.05) is 39.1 Å². The normalized spacial score (nSPS) is 14.7. The standard InChI is InChI=1S/C16H19NO6/c1-21-15(19)13-9-23-10-17(14(13)16(20)22-2)12-5-3-11(4-6-12)7-8-18/h3-6,18H,7-10H2,1-2H3. The number of nitrogens with zero attached hydrogens (tertiary/aromatic N) is 1. The summed E-state index contributed by atoms with van der Waals surface area (Å²) in [6, 6.07) is 7.26. The molecular weight excluding hydrogens is 302 g/mol. The molecule has 0 aliphatic carbocycles. The van der Waals surface area contributed by atoms with Gasteiger partial charge in [-0.25, -0.2) is 9.59 Å². The Bertz CT molecular complexity index is 608. The lowest BCUT2D eigenvalue weighted by Gasteiger charge is -2.31. The third-order valence-electron chi connectivity index (χ3n) is 3.48. The lowest BCUT2D eigenvalue weighted by molar-refractivity contribution is -0.140. The van der Waals surface area contributed by atoms with Gasteiger partial charge >= 0.3 is 11.9 Å². The van der Waals surface area contributed by atoms with Crippen LogP contribution in [0.5, 0.6) is 0 Å². The molecule has 0 bridgehead atoms. The van der Waals surface area contributed by atoms with Crippen LogP contribution in [0.1, 0.15) is 5.56 Å². The summed E-state index contributed by atoms with van der Waals surface area (Å²) >= 11 is 0. The summed E-state index contributed by atoms with van der Waals surface area (Å²) in [6.07, 6.45) is 0.546. The average Bonchev–Trinajstić information content (AvgIpc) is 2.60. The van der Waals surface area contributed by atoms with Gasteiger partial charge in [-0.15, -0.1) is 0 Å². The molecule has 0 fully saturated rings. The number of hydrogen-bond donors (Lipinski definition) is 1. The summed E-state index contributed by atoms with van der Waals surface area (Å²) in [6.45, 7) is 0.159. The molecule has 0 saturated heterocycles. The van der Waals surface area contributed by atoms with Crippen molar-refractivity contribution in [3.63, 3.8) is 0 Å².